The summed E-state index contributed by atoms with van der Waals surface area (Å²) in [7, 11) is 0. The number of hydrazone groups is 1. The molecule has 1 saturated heterocycles. The predicted molar refractivity (Wildman–Crippen MR) is 108 cm³/mol. The van der Waals surface area contributed by atoms with E-state index in [0.717, 1.165) is 12.1 Å². The van der Waals surface area contributed by atoms with Gasteiger partial charge in [0.25, 0.3) is 0 Å². The number of aryl methyl sites for hydroxylation is 1. The van der Waals surface area contributed by atoms with Gasteiger partial charge in [0.05, 0.1) is 41.9 Å². The Morgan fingerprint density at radius 3 is 2.63 bits per heavy atom. The summed E-state index contributed by atoms with van der Waals surface area (Å²) in [5, 5.41) is 8.70. The Bertz CT molecular complexity index is 976. The van der Waals surface area contributed by atoms with Gasteiger partial charge in [0.1, 0.15) is 5.82 Å². The summed E-state index contributed by atoms with van der Waals surface area (Å²) in [5.74, 6) is -0.311. The number of likely N-dealkylation sites (tertiary alicyclic amines) is 1. The van der Waals surface area contributed by atoms with Gasteiger partial charge in [0.15, 0.2) is 0 Å². The van der Waals surface area contributed by atoms with Crippen LogP contribution in [0.1, 0.15) is 42.8 Å². The molecular weight excluding hydrogens is 387 g/mol. The molecule has 0 spiro atoms. The number of carbonyl (C=O) groups is 2. The van der Waals surface area contributed by atoms with Crippen LogP contribution < -0.4 is 5.32 Å². The number of benzene rings is 1. The Hall–Kier alpha value is -3.36. The van der Waals surface area contributed by atoms with Crippen LogP contribution in [0.2, 0.25) is 0 Å². The molecule has 0 radical (unpaired) electrons. The lowest BCUT2D eigenvalue weighted by atomic mass is 10.0. The van der Waals surface area contributed by atoms with Crippen molar-refractivity contribution in [3.05, 3.63) is 59.4 Å². The third-order valence-electron chi connectivity index (χ3n) is 5.34. The van der Waals surface area contributed by atoms with Crippen LogP contribution in [0.25, 0.3) is 0 Å². The van der Waals surface area contributed by atoms with Gasteiger partial charge in [-0.2, -0.15) is 5.10 Å². The first-order valence-corrected chi connectivity index (χ1v) is 9.93. The Balaban J connectivity index is 1.55. The predicted octanol–water partition coefficient (Wildman–Crippen LogP) is 2.41. The molecule has 4 rings (SSSR count). The van der Waals surface area contributed by atoms with Crippen molar-refractivity contribution >= 4 is 17.6 Å². The topological polar surface area (TPSA) is 90.8 Å². The maximum Gasteiger partial charge on any atom is 0.338 e. The SMILES string of the molecule is Cc1cnc(C(C)NC(=O)N2C[C@@H](N3CCCC3=O)C(c3ccc(F)cc3)=N2)cn1. The van der Waals surface area contributed by atoms with Crippen molar-refractivity contribution < 1.29 is 14.0 Å². The number of aromatic nitrogens is 2. The molecule has 30 heavy (non-hydrogen) atoms. The number of carbonyl (C=O) groups excluding carboxylic acids is 2. The van der Waals surface area contributed by atoms with E-state index >= 15 is 0 Å². The first-order valence-electron chi connectivity index (χ1n) is 9.93. The summed E-state index contributed by atoms with van der Waals surface area (Å²) in [5.41, 5.74) is 2.71. The summed E-state index contributed by atoms with van der Waals surface area (Å²) in [6.45, 7) is 4.53. The summed E-state index contributed by atoms with van der Waals surface area (Å²) in [6.07, 6.45) is 4.54. The van der Waals surface area contributed by atoms with Gasteiger partial charge in [-0.15, -0.1) is 0 Å². The molecular formula is C21H23FN6O2. The van der Waals surface area contributed by atoms with Crippen LogP contribution in [-0.2, 0) is 4.79 Å². The van der Waals surface area contributed by atoms with Crippen LogP contribution in [0.3, 0.4) is 0 Å². The molecule has 1 aromatic carbocycles. The number of urea groups is 1. The average molecular weight is 410 g/mol. The van der Waals surface area contributed by atoms with Crippen molar-refractivity contribution in [3.63, 3.8) is 0 Å². The molecule has 1 fully saturated rings. The van der Waals surface area contributed by atoms with Crippen LogP contribution >= 0.6 is 0 Å². The van der Waals surface area contributed by atoms with Gasteiger partial charge in [0, 0.05) is 24.7 Å². The van der Waals surface area contributed by atoms with Gasteiger partial charge >= 0.3 is 6.03 Å². The van der Waals surface area contributed by atoms with Gasteiger partial charge in [-0.25, -0.2) is 14.2 Å². The maximum absolute atomic E-state index is 13.4. The van der Waals surface area contributed by atoms with E-state index in [4.69, 9.17) is 0 Å². The molecule has 1 aromatic heterocycles. The van der Waals surface area contributed by atoms with E-state index in [-0.39, 0.29) is 30.4 Å². The Kier molecular flexibility index (Phi) is 5.43. The zero-order chi connectivity index (χ0) is 21.3. The molecule has 156 valence electrons. The smallest absolute Gasteiger partial charge is 0.332 e. The van der Waals surface area contributed by atoms with E-state index in [1.165, 1.54) is 17.1 Å². The zero-order valence-electron chi connectivity index (χ0n) is 16.9. The Morgan fingerprint density at radius 1 is 1.23 bits per heavy atom. The van der Waals surface area contributed by atoms with Crippen LogP contribution in [-0.4, -0.2) is 56.7 Å². The van der Waals surface area contributed by atoms with E-state index < -0.39 is 6.03 Å². The fraction of sp³-hybridized carbons (Fsp3) is 0.381. The van der Waals surface area contributed by atoms with E-state index in [9.17, 15) is 14.0 Å². The standard InChI is InChI=1S/C21H23FN6O2/c1-13-10-24-17(11-23-13)14(2)25-21(30)28-12-18(27-9-3-4-19(27)29)20(26-28)15-5-7-16(22)8-6-15/h5-8,10-11,14,18H,3-4,9,12H2,1-2H3,(H,25,30)/t14?,18-/m1/s1. The first-order chi connectivity index (χ1) is 14.4. The van der Waals surface area contributed by atoms with E-state index in [2.05, 4.69) is 20.4 Å². The second-order valence-corrected chi connectivity index (χ2v) is 7.53. The minimum atomic E-state index is -0.390. The molecule has 2 aliphatic rings. The largest absolute Gasteiger partial charge is 0.338 e. The number of rotatable bonds is 4. The van der Waals surface area contributed by atoms with Gasteiger partial charge in [-0.3, -0.25) is 14.8 Å². The fourth-order valence-corrected chi connectivity index (χ4v) is 3.69. The summed E-state index contributed by atoms with van der Waals surface area (Å²) >= 11 is 0. The van der Waals surface area contributed by atoms with Crippen LogP contribution in [0.5, 0.6) is 0 Å². The fourth-order valence-electron chi connectivity index (χ4n) is 3.69. The summed E-state index contributed by atoms with van der Waals surface area (Å²) < 4.78 is 13.4. The van der Waals surface area contributed by atoms with Crippen molar-refractivity contribution in [2.24, 2.45) is 5.10 Å². The van der Waals surface area contributed by atoms with Crippen molar-refractivity contribution in [2.75, 3.05) is 13.1 Å². The van der Waals surface area contributed by atoms with Crippen LogP contribution in [0.4, 0.5) is 9.18 Å². The lowest BCUT2D eigenvalue weighted by Gasteiger charge is -2.25. The Morgan fingerprint density at radius 2 is 2.00 bits per heavy atom. The molecule has 2 aliphatic heterocycles. The van der Waals surface area contributed by atoms with E-state index in [1.807, 2.05) is 13.8 Å². The molecule has 8 nitrogen and oxygen atoms in total. The third kappa shape index (κ3) is 4.00. The number of hydrogen-bond donors (Lipinski definition) is 1. The molecule has 9 heteroatoms. The summed E-state index contributed by atoms with van der Waals surface area (Å²) in [6, 6.07) is 4.83. The molecule has 3 heterocycles. The highest BCUT2D eigenvalue weighted by molar-refractivity contribution is 6.08. The average Bonchev–Trinajstić information content (AvgIpc) is 3.35. The molecule has 3 amide bonds. The second kappa shape index (κ2) is 8.17. The molecule has 2 aromatic rings. The monoisotopic (exact) mass is 410 g/mol. The number of nitrogens with one attached hydrogen (secondary N) is 1. The van der Waals surface area contributed by atoms with Crippen molar-refractivity contribution in [1.29, 1.82) is 0 Å². The first kappa shape index (κ1) is 19.9. The number of amides is 3. The third-order valence-corrected chi connectivity index (χ3v) is 5.34. The number of halogens is 1. The van der Waals surface area contributed by atoms with Gasteiger partial charge in [0.2, 0.25) is 5.91 Å². The maximum atomic E-state index is 13.4. The quantitative estimate of drug-likeness (QED) is 0.838. The molecule has 1 N–H and O–H groups in total. The minimum absolute atomic E-state index is 0.0420. The molecule has 0 aliphatic carbocycles. The Labute approximate surface area is 173 Å². The molecule has 2 atom stereocenters. The lowest BCUT2D eigenvalue weighted by Crippen LogP contribution is -2.46. The summed E-state index contributed by atoms with van der Waals surface area (Å²) in [4.78, 5) is 35.5. The highest BCUT2D eigenvalue weighted by Crippen LogP contribution is 2.24. The number of nitrogens with zero attached hydrogens (tertiary/aromatic N) is 5. The molecule has 0 saturated carbocycles. The van der Waals surface area contributed by atoms with Crippen LogP contribution in [0.15, 0.2) is 41.8 Å². The minimum Gasteiger partial charge on any atom is -0.332 e. The van der Waals surface area contributed by atoms with Gasteiger partial charge < -0.3 is 10.2 Å². The highest BCUT2D eigenvalue weighted by Gasteiger charge is 2.39. The van der Waals surface area contributed by atoms with E-state index in [0.29, 0.717) is 29.9 Å². The zero-order valence-corrected chi connectivity index (χ0v) is 16.9. The number of hydrogen-bond acceptors (Lipinski definition) is 5. The normalized spacial score (nSPS) is 19.8. The van der Waals surface area contributed by atoms with Crippen molar-refractivity contribution in [3.8, 4) is 0 Å². The highest BCUT2D eigenvalue weighted by atomic mass is 19.1. The van der Waals surface area contributed by atoms with E-state index in [1.54, 1.807) is 29.4 Å². The van der Waals surface area contributed by atoms with Crippen molar-refractivity contribution in [1.82, 2.24) is 25.2 Å². The lowest BCUT2D eigenvalue weighted by molar-refractivity contribution is -0.128. The van der Waals surface area contributed by atoms with Crippen LogP contribution in [0, 0.1) is 12.7 Å². The van der Waals surface area contributed by atoms with Gasteiger partial charge in [-0.05, 0) is 32.4 Å². The van der Waals surface area contributed by atoms with Gasteiger partial charge in [-0.1, -0.05) is 12.1 Å². The molecule has 1 unspecified atom stereocenters. The molecule has 0 bridgehead atoms. The van der Waals surface area contributed by atoms with Crippen molar-refractivity contribution in [2.45, 2.75) is 38.8 Å². The second-order valence-electron chi connectivity index (χ2n) is 7.53.